The van der Waals surface area contributed by atoms with E-state index >= 15 is 0 Å². The predicted molar refractivity (Wildman–Crippen MR) is 192 cm³/mol. The summed E-state index contributed by atoms with van der Waals surface area (Å²) in [5.41, 5.74) is -1.55. The molecule has 2 aliphatic heterocycles. The molecular weight excluding hydrogens is 708 g/mol. The molecule has 53 heavy (non-hydrogen) atoms. The molecule has 3 N–H and O–H groups in total. The van der Waals surface area contributed by atoms with Gasteiger partial charge in [0.25, 0.3) is 5.91 Å². The molecule has 3 heterocycles. The number of halogens is 1. The van der Waals surface area contributed by atoms with Crippen LogP contribution in [0.4, 0.5) is 9.18 Å². The van der Waals surface area contributed by atoms with E-state index in [1.807, 2.05) is 19.1 Å². The van der Waals surface area contributed by atoms with Crippen LogP contribution in [0.5, 0.6) is 5.88 Å². The minimum absolute atomic E-state index is 0.0128. The zero-order valence-electron chi connectivity index (χ0n) is 30.9. The lowest BCUT2D eigenvalue weighted by molar-refractivity contribution is -0.141. The van der Waals surface area contributed by atoms with Gasteiger partial charge in [0.2, 0.25) is 27.7 Å². The number of carbonyl (C=O) groups is 4. The molecule has 2 aliphatic carbocycles. The number of nitrogens with one attached hydrogen (secondary N) is 3. The first-order valence-electron chi connectivity index (χ1n) is 18.4. The maximum atomic E-state index is 14.8. The summed E-state index contributed by atoms with van der Waals surface area (Å²) in [5.74, 6) is -3.03. The monoisotopic (exact) mass is 756 g/mol. The maximum Gasteiger partial charge on any atom is 0.408 e. The van der Waals surface area contributed by atoms with Crippen LogP contribution < -0.4 is 20.1 Å². The van der Waals surface area contributed by atoms with E-state index < -0.39 is 79.6 Å². The van der Waals surface area contributed by atoms with E-state index in [1.54, 1.807) is 33.8 Å². The molecule has 2 saturated carbocycles. The fourth-order valence-corrected chi connectivity index (χ4v) is 8.26. The second-order valence-corrected chi connectivity index (χ2v) is 18.0. The minimum Gasteiger partial charge on any atom is -0.471 e. The molecule has 1 saturated heterocycles. The number of sulfonamides is 1. The van der Waals surface area contributed by atoms with Gasteiger partial charge in [0.05, 0.1) is 16.8 Å². The normalized spacial score (nSPS) is 28.0. The van der Waals surface area contributed by atoms with Gasteiger partial charge in [0, 0.05) is 12.3 Å². The van der Waals surface area contributed by atoms with Gasteiger partial charge in [-0.25, -0.2) is 27.6 Å². The maximum absolute atomic E-state index is 14.8. The average Bonchev–Trinajstić information content (AvgIpc) is 3.96. The van der Waals surface area contributed by atoms with E-state index in [4.69, 9.17) is 9.47 Å². The van der Waals surface area contributed by atoms with E-state index in [0.717, 1.165) is 12.8 Å². The van der Waals surface area contributed by atoms with Gasteiger partial charge in [-0.15, -0.1) is 0 Å². The lowest BCUT2D eigenvalue weighted by Crippen LogP contribution is -2.58. The Kier molecular flexibility index (Phi) is 10.5. The smallest absolute Gasteiger partial charge is 0.408 e. The fraction of sp³-hybridized carbons (Fsp3) is 0.622. The number of aromatic nitrogens is 2. The highest BCUT2D eigenvalue weighted by Crippen LogP contribution is 2.47. The number of aryl methyl sites for hydroxylation is 1. The Labute approximate surface area is 309 Å². The number of amides is 4. The van der Waals surface area contributed by atoms with Gasteiger partial charge in [-0.2, -0.15) is 0 Å². The molecule has 0 spiro atoms. The van der Waals surface area contributed by atoms with Gasteiger partial charge in [-0.3, -0.25) is 19.1 Å². The zero-order chi connectivity index (χ0) is 38.3. The van der Waals surface area contributed by atoms with Crippen molar-refractivity contribution >= 4 is 44.9 Å². The van der Waals surface area contributed by atoms with Crippen molar-refractivity contribution in [1.82, 2.24) is 30.2 Å². The molecule has 288 valence electrons. The van der Waals surface area contributed by atoms with Crippen molar-refractivity contribution < 1.29 is 41.5 Å². The van der Waals surface area contributed by atoms with E-state index in [1.165, 1.54) is 17.0 Å². The summed E-state index contributed by atoms with van der Waals surface area (Å²) < 4.78 is 53.9. The van der Waals surface area contributed by atoms with Crippen molar-refractivity contribution in [3.05, 3.63) is 41.9 Å². The number of rotatable bonds is 7. The molecule has 0 radical (unpaired) electrons. The number of allylic oxidation sites excluding steroid dienone is 1. The van der Waals surface area contributed by atoms with Crippen LogP contribution in [0.25, 0.3) is 11.0 Å². The first kappa shape index (κ1) is 38.4. The molecule has 3 fully saturated rings. The summed E-state index contributed by atoms with van der Waals surface area (Å²) in [6.07, 6.45) is 6.60. The summed E-state index contributed by atoms with van der Waals surface area (Å²) in [4.78, 5) is 65.8. The second kappa shape index (κ2) is 14.5. The number of ether oxygens (including phenoxy) is 2. The number of nitrogens with zero attached hydrogens (tertiary/aromatic N) is 3. The van der Waals surface area contributed by atoms with Crippen LogP contribution in [0, 0.1) is 11.7 Å². The lowest BCUT2D eigenvalue weighted by atomic mass is 10.0. The molecule has 4 amide bonds. The van der Waals surface area contributed by atoms with Crippen LogP contribution in [-0.2, 0) is 35.6 Å². The third-order valence-corrected chi connectivity index (χ3v) is 12.6. The van der Waals surface area contributed by atoms with Crippen molar-refractivity contribution in [1.29, 1.82) is 0 Å². The third kappa shape index (κ3) is 8.26. The molecule has 4 aliphatic rings. The number of carbonyl (C=O) groups excluding carboxylic acids is 4. The van der Waals surface area contributed by atoms with Crippen molar-refractivity contribution in [2.75, 3.05) is 6.54 Å². The van der Waals surface area contributed by atoms with Gasteiger partial charge >= 0.3 is 6.09 Å². The fourth-order valence-electron chi connectivity index (χ4n) is 6.94. The molecule has 0 bridgehead atoms. The van der Waals surface area contributed by atoms with E-state index in [9.17, 15) is 32.0 Å². The number of para-hydroxylation sites is 1. The van der Waals surface area contributed by atoms with Crippen LogP contribution in [0.1, 0.15) is 98.1 Å². The number of hydrogen-bond donors (Lipinski definition) is 3. The predicted octanol–water partition coefficient (Wildman–Crippen LogP) is 3.97. The summed E-state index contributed by atoms with van der Waals surface area (Å²) in [5, 5.41) is 5.55. The third-order valence-electron chi connectivity index (χ3n) is 10.5. The molecule has 6 rings (SSSR count). The van der Waals surface area contributed by atoms with Crippen molar-refractivity contribution in [2.24, 2.45) is 5.92 Å². The van der Waals surface area contributed by atoms with Gasteiger partial charge in [0.1, 0.15) is 40.5 Å². The molecule has 16 heteroatoms. The molecule has 5 atom stereocenters. The average molecular weight is 757 g/mol. The summed E-state index contributed by atoms with van der Waals surface area (Å²) in [7, 11) is -4.01. The van der Waals surface area contributed by atoms with Gasteiger partial charge in [-0.1, -0.05) is 38.0 Å². The second-order valence-electron chi connectivity index (χ2n) is 15.8. The summed E-state index contributed by atoms with van der Waals surface area (Å²) >= 11 is 0. The van der Waals surface area contributed by atoms with Crippen molar-refractivity contribution in [3.8, 4) is 5.88 Å². The quantitative estimate of drug-likeness (QED) is 0.349. The number of hydrogen-bond acceptors (Lipinski definition) is 10. The molecule has 1 aromatic heterocycles. The highest BCUT2D eigenvalue weighted by molar-refractivity contribution is 7.91. The number of benzene rings is 1. The lowest BCUT2D eigenvalue weighted by Gasteiger charge is -2.30. The van der Waals surface area contributed by atoms with Crippen LogP contribution in [0.2, 0.25) is 0 Å². The zero-order valence-corrected chi connectivity index (χ0v) is 31.7. The molecule has 2 aromatic rings. The van der Waals surface area contributed by atoms with Crippen molar-refractivity contribution in [2.45, 2.75) is 133 Å². The molecule has 0 unspecified atom stereocenters. The van der Waals surface area contributed by atoms with Crippen LogP contribution in [0.15, 0.2) is 30.4 Å². The minimum atomic E-state index is -4.01. The number of fused-ring (bicyclic) bond motifs is 3. The van der Waals surface area contributed by atoms with Crippen molar-refractivity contribution in [3.63, 3.8) is 0 Å². The Balaban J connectivity index is 1.32. The van der Waals surface area contributed by atoms with Gasteiger partial charge < -0.3 is 25.0 Å². The molecule has 14 nitrogen and oxygen atoms in total. The van der Waals surface area contributed by atoms with E-state index in [2.05, 4.69) is 25.3 Å². The van der Waals surface area contributed by atoms with E-state index in [0.29, 0.717) is 43.3 Å². The highest BCUT2D eigenvalue weighted by Gasteiger charge is 2.63. The first-order valence-corrected chi connectivity index (χ1v) is 19.9. The Morgan fingerprint density at radius 3 is 2.58 bits per heavy atom. The Bertz CT molecular complexity index is 1930. The van der Waals surface area contributed by atoms with Crippen LogP contribution in [-0.4, -0.2) is 87.7 Å². The van der Waals surface area contributed by atoms with Gasteiger partial charge in [0.15, 0.2) is 5.82 Å². The van der Waals surface area contributed by atoms with Crippen LogP contribution in [0.3, 0.4) is 0 Å². The topological polar surface area (TPSA) is 186 Å². The Morgan fingerprint density at radius 2 is 1.89 bits per heavy atom. The van der Waals surface area contributed by atoms with E-state index in [-0.39, 0.29) is 37.2 Å². The SMILES string of the molecule is CCc1nc2cccc(F)c2nc1O[C@@H]1C[C@H]2C(=O)N[C@]3(C(=O)NS(=O)(=O)C4(C)CC4)C[C@H]3/C=C\CCCCC[C@H](NC(=O)OC(C)(C)C)C(=O)N2C1. The van der Waals surface area contributed by atoms with Crippen LogP contribution >= 0.6 is 0 Å². The summed E-state index contributed by atoms with van der Waals surface area (Å²) in [6.45, 7) is 8.45. The Morgan fingerprint density at radius 1 is 1.13 bits per heavy atom. The molecular formula is C37H49FN6O8S. The Hall–Kier alpha value is -4.34. The number of alkyl carbamates (subject to hydrolysis) is 1. The summed E-state index contributed by atoms with van der Waals surface area (Å²) in [6, 6.07) is 2.22. The standard InChI is InChI=1S/C37H49FN6O8S/c1-6-25-31(41-29-24(38)14-12-16-26(29)39-25)51-23-19-28-30(45)42-37(33(47)43-53(49,50)36(5)17-18-36)20-22(37)13-10-8-7-9-11-15-27(32(46)44(28)21-23)40-34(48)52-35(2,3)4/h10,12-14,16,22-23,27-28H,6-9,11,15,17-21H2,1-5H3,(H,40,48)(H,42,45)(H,43,47)/b13-10-/t22-,23-,27+,28+,37-/m1/s1. The first-order chi connectivity index (χ1) is 24.9. The molecule has 1 aromatic carbocycles. The van der Waals surface area contributed by atoms with Gasteiger partial charge in [-0.05, 0) is 84.8 Å². The highest BCUT2D eigenvalue weighted by atomic mass is 32.2. The largest absolute Gasteiger partial charge is 0.471 e.